The summed E-state index contributed by atoms with van der Waals surface area (Å²) in [5.74, 6) is 0.600. The van der Waals surface area contributed by atoms with E-state index in [0.29, 0.717) is 16.1 Å². The number of nitrogens with one attached hydrogen (secondary N) is 1. The first kappa shape index (κ1) is 20.4. The summed E-state index contributed by atoms with van der Waals surface area (Å²) in [6.07, 6.45) is 0. The number of tetrazole rings is 1. The zero-order chi connectivity index (χ0) is 20.1. The number of hydrogen-bond acceptors (Lipinski definition) is 5. The Bertz CT molecular complexity index is 925. The Labute approximate surface area is 173 Å². The maximum Gasteiger partial charge on any atom is 0.230 e. The molecular formula is C20H22ClN5OS. The quantitative estimate of drug-likeness (QED) is 0.578. The van der Waals surface area contributed by atoms with Gasteiger partial charge in [0.15, 0.2) is 0 Å². The summed E-state index contributed by atoms with van der Waals surface area (Å²) >= 11 is 7.21. The van der Waals surface area contributed by atoms with Gasteiger partial charge in [-0.2, -0.15) is 4.68 Å². The minimum absolute atomic E-state index is 0.0860. The summed E-state index contributed by atoms with van der Waals surface area (Å²) in [6.45, 7) is 6.24. The molecule has 0 spiro atoms. The molecule has 6 nitrogen and oxygen atoms in total. The van der Waals surface area contributed by atoms with Crippen molar-refractivity contribution in [2.24, 2.45) is 0 Å². The molecule has 8 heteroatoms. The van der Waals surface area contributed by atoms with Crippen LogP contribution in [0.2, 0.25) is 5.02 Å². The lowest BCUT2D eigenvalue weighted by Gasteiger charge is -2.14. The van der Waals surface area contributed by atoms with Crippen molar-refractivity contribution >= 4 is 29.3 Å². The highest BCUT2D eigenvalue weighted by Gasteiger charge is 2.14. The molecule has 1 amide bonds. The third-order valence-electron chi connectivity index (χ3n) is 4.33. The van der Waals surface area contributed by atoms with E-state index in [0.717, 1.165) is 11.3 Å². The smallest absolute Gasteiger partial charge is 0.230 e. The number of hydrogen-bond donors (Lipinski definition) is 1. The molecular weight excluding hydrogens is 394 g/mol. The number of nitrogens with zero attached hydrogens (tertiary/aromatic N) is 4. The molecule has 0 saturated heterocycles. The average Bonchev–Trinajstić information content (AvgIpc) is 3.15. The number of rotatable bonds is 7. The van der Waals surface area contributed by atoms with E-state index in [1.54, 1.807) is 4.68 Å². The van der Waals surface area contributed by atoms with Gasteiger partial charge >= 0.3 is 0 Å². The molecule has 3 rings (SSSR count). The second kappa shape index (κ2) is 9.21. The maximum absolute atomic E-state index is 12.3. The second-order valence-corrected chi connectivity index (χ2v) is 8.13. The van der Waals surface area contributed by atoms with Crippen LogP contribution in [0, 0.1) is 0 Å². The average molecular weight is 416 g/mol. The lowest BCUT2D eigenvalue weighted by atomic mass is 10.0. The van der Waals surface area contributed by atoms with Crippen LogP contribution in [0.3, 0.4) is 0 Å². The third kappa shape index (κ3) is 5.11. The van der Waals surface area contributed by atoms with Crippen LogP contribution in [0.15, 0.2) is 53.7 Å². The molecule has 1 atom stereocenters. The fraction of sp³-hybridized carbons (Fsp3) is 0.300. The Morgan fingerprint density at radius 1 is 1.07 bits per heavy atom. The Kier molecular flexibility index (Phi) is 6.70. The summed E-state index contributed by atoms with van der Waals surface area (Å²) in [7, 11) is 0. The molecule has 0 aliphatic heterocycles. The molecule has 0 fully saturated rings. The fourth-order valence-electron chi connectivity index (χ4n) is 2.68. The topological polar surface area (TPSA) is 72.7 Å². The molecule has 2 aromatic carbocycles. The van der Waals surface area contributed by atoms with Crippen molar-refractivity contribution in [3.8, 4) is 5.69 Å². The summed E-state index contributed by atoms with van der Waals surface area (Å²) in [4.78, 5) is 12.3. The highest BCUT2D eigenvalue weighted by molar-refractivity contribution is 7.99. The van der Waals surface area contributed by atoms with Gasteiger partial charge in [-0.1, -0.05) is 61.5 Å². The van der Waals surface area contributed by atoms with Gasteiger partial charge < -0.3 is 5.32 Å². The predicted molar refractivity (Wildman–Crippen MR) is 112 cm³/mol. The van der Waals surface area contributed by atoms with Gasteiger partial charge in [-0.25, -0.2) is 0 Å². The third-order valence-corrected chi connectivity index (χ3v) is 5.50. The first-order valence-electron chi connectivity index (χ1n) is 9.00. The standard InChI is InChI=1S/C20H22ClN5OS/c1-13(2)15-6-10-18(11-7-15)26-20(23-24-25-26)28-12-19(27)22-14(3)16-4-8-17(21)9-5-16/h4-11,13-14H,12H2,1-3H3,(H,22,27)/t14-/m1/s1. The Morgan fingerprint density at radius 2 is 1.71 bits per heavy atom. The number of aromatic nitrogens is 4. The van der Waals surface area contributed by atoms with E-state index in [2.05, 4.69) is 46.8 Å². The van der Waals surface area contributed by atoms with E-state index >= 15 is 0 Å². The number of thioether (sulfide) groups is 1. The summed E-state index contributed by atoms with van der Waals surface area (Å²) in [6, 6.07) is 15.4. The summed E-state index contributed by atoms with van der Waals surface area (Å²) in [5.41, 5.74) is 3.12. The monoisotopic (exact) mass is 415 g/mol. The lowest BCUT2D eigenvalue weighted by Crippen LogP contribution is -2.28. The molecule has 1 N–H and O–H groups in total. The first-order chi connectivity index (χ1) is 13.4. The predicted octanol–water partition coefficient (Wildman–Crippen LogP) is 4.41. The van der Waals surface area contributed by atoms with E-state index < -0.39 is 0 Å². The molecule has 1 heterocycles. The molecule has 0 bridgehead atoms. The molecule has 0 saturated carbocycles. The van der Waals surface area contributed by atoms with Crippen molar-refractivity contribution in [3.63, 3.8) is 0 Å². The van der Waals surface area contributed by atoms with Crippen LogP contribution in [-0.4, -0.2) is 31.9 Å². The SMILES string of the molecule is CC(C)c1ccc(-n2nnnc2SCC(=O)N[C@H](C)c2ccc(Cl)cc2)cc1. The van der Waals surface area contributed by atoms with Gasteiger partial charge in [-0.15, -0.1) is 5.10 Å². The molecule has 0 aliphatic carbocycles. The molecule has 1 aromatic heterocycles. The molecule has 3 aromatic rings. The molecule has 146 valence electrons. The zero-order valence-corrected chi connectivity index (χ0v) is 17.5. The minimum Gasteiger partial charge on any atom is -0.349 e. The van der Waals surface area contributed by atoms with E-state index in [9.17, 15) is 4.79 Å². The van der Waals surface area contributed by atoms with Crippen LogP contribution < -0.4 is 5.32 Å². The van der Waals surface area contributed by atoms with Crippen molar-refractivity contribution in [1.82, 2.24) is 25.5 Å². The lowest BCUT2D eigenvalue weighted by molar-refractivity contribution is -0.119. The van der Waals surface area contributed by atoms with Crippen LogP contribution in [0.1, 0.15) is 43.9 Å². The maximum atomic E-state index is 12.3. The Hall–Kier alpha value is -2.38. The van der Waals surface area contributed by atoms with E-state index in [-0.39, 0.29) is 17.7 Å². The second-order valence-electron chi connectivity index (χ2n) is 6.75. The van der Waals surface area contributed by atoms with Crippen molar-refractivity contribution in [3.05, 3.63) is 64.7 Å². The van der Waals surface area contributed by atoms with Crippen LogP contribution in [0.25, 0.3) is 5.69 Å². The molecule has 0 unspecified atom stereocenters. The van der Waals surface area contributed by atoms with Crippen molar-refractivity contribution < 1.29 is 4.79 Å². The number of amides is 1. The number of carbonyl (C=O) groups excluding carboxylic acids is 1. The fourth-order valence-corrected chi connectivity index (χ4v) is 3.51. The van der Waals surface area contributed by atoms with E-state index in [1.807, 2.05) is 43.3 Å². The summed E-state index contributed by atoms with van der Waals surface area (Å²) < 4.78 is 1.64. The number of carbonyl (C=O) groups is 1. The molecule has 0 radical (unpaired) electrons. The van der Waals surface area contributed by atoms with Crippen LogP contribution in [-0.2, 0) is 4.79 Å². The largest absolute Gasteiger partial charge is 0.349 e. The van der Waals surface area contributed by atoms with Gasteiger partial charge in [0, 0.05) is 5.02 Å². The van der Waals surface area contributed by atoms with Gasteiger partial charge in [0.05, 0.1) is 17.5 Å². The Balaban J connectivity index is 1.60. The number of benzene rings is 2. The van der Waals surface area contributed by atoms with Crippen LogP contribution >= 0.6 is 23.4 Å². The Morgan fingerprint density at radius 3 is 2.36 bits per heavy atom. The molecule has 0 aliphatic rings. The van der Waals surface area contributed by atoms with E-state index in [4.69, 9.17) is 11.6 Å². The zero-order valence-electron chi connectivity index (χ0n) is 16.0. The minimum atomic E-state index is -0.107. The van der Waals surface area contributed by atoms with Gasteiger partial charge in [-0.05, 0) is 58.7 Å². The number of halogens is 1. The normalized spacial score (nSPS) is 12.2. The first-order valence-corrected chi connectivity index (χ1v) is 10.4. The van der Waals surface area contributed by atoms with E-state index in [1.165, 1.54) is 17.3 Å². The molecule has 28 heavy (non-hydrogen) atoms. The van der Waals surface area contributed by atoms with Crippen LogP contribution in [0.5, 0.6) is 0 Å². The van der Waals surface area contributed by atoms with Gasteiger partial charge in [0.1, 0.15) is 0 Å². The summed E-state index contributed by atoms with van der Waals surface area (Å²) in [5, 5.41) is 16.1. The van der Waals surface area contributed by atoms with Crippen LogP contribution in [0.4, 0.5) is 0 Å². The van der Waals surface area contributed by atoms with Crippen molar-refractivity contribution in [1.29, 1.82) is 0 Å². The van der Waals surface area contributed by atoms with Gasteiger partial charge in [0.25, 0.3) is 0 Å². The van der Waals surface area contributed by atoms with Crippen molar-refractivity contribution in [2.45, 2.75) is 37.9 Å². The van der Waals surface area contributed by atoms with Crippen molar-refractivity contribution in [2.75, 3.05) is 5.75 Å². The van der Waals surface area contributed by atoms with Gasteiger partial charge in [-0.3, -0.25) is 4.79 Å². The highest BCUT2D eigenvalue weighted by atomic mass is 35.5. The van der Waals surface area contributed by atoms with Gasteiger partial charge in [0.2, 0.25) is 11.1 Å². The highest BCUT2D eigenvalue weighted by Crippen LogP contribution is 2.21.